The first-order valence-electron chi connectivity index (χ1n) is 7.58. The minimum absolute atomic E-state index is 0.0136. The first kappa shape index (κ1) is 18.1. The maximum Gasteiger partial charge on any atom is 0.422 e. The van der Waals surface area contributed by atoms with Crippen LogP contribution < -0.4 is 10.1 Å². The van der Waals surface area contributed by atoms with E-state index in [0.29, 0.717) is 31.4 Å². The van der Waals surface area contributed by atoms with Crippen LogP contribution in [0, 0.1) is 11.8 Å². The Hall–Kier alpha value is -2.25. The highest BCUT2D eigenvalue weighted by Gasteiger charge is 2.30. The molecule has 0 spiro atoms. The number of amides is 1. The van der Waals surface area contributed by atoms with Crippen molar-refractivity contribution in [2.75, 3.05) is 11.9 Å². The van der Waals surface area contributed by atoms with Crippen LogP contribution in [0.2, 0.25) is 0 Å². The van der Waals surface area contributed by atoms with Crippen LogP contribution >= 0.6 is 0 Å². The third kappa shape index (κ3) is 5.43. The van der Waals surface area contributed by atoms with Gasteiger partial charge in [0.15, 0.2) is 6.61 Å². The molecule has 8 heteroatoms. The highest BCUT2D eigenvalue weighted by atomic mass is 19.4. The summed E-state index contributed by atoms with van der Waals surface area (Å²) in [6, 6.07) is 5.75. The van der Waals surface area contributed by atoms with E-state index < -0.39 is 24.7 Å². The van der Waals surface area contributed by atoms with Gasteiger partial charge in [0.05, 0.1) is 5.92 Å². The molecule has 1 aromatic rings. The van der Waals surface area contributed by atoms with E-state index in [2.05, 4.69) is 10.1 Å². The number of anilines is 1. The number of ether oxygens (including phenoxy) is 1. The lowest BCUT2D eigenvalue weighted by atomic mass is 9.81. The monoisotopic (exact) mass is 345 g/mol. The third-order valence-corrected chi connectivity index (χ3v) is 3.95. The molecule has 0 aromatic heterocycles. The second-order valence-corrected chi connectivity index (χ2v) is 5.81. The molecule has 0 aliphatic heterocycles. The summed E-state index contributed by atoms with van der Waals surface area (Å²) in [4.78, 5) is 23.1. The number of benzene rings is 1. The van der Waals surface area contributed by atoms with Gasteiger partial charge in [-0.05, 0) is 37.8 Å². The van der Waals surface area contributed by atoms with Crippen molar-refractivity contribution in [2.45, 2.75) is 31.9 Å². The van der Waals surface area contributed by atoms with Gasteiger partial charge in [-0.1, -0.05) is 6.07 Å². The van der Waals surface area contributed by atoms with Crippen molar-refractivity contribution in [3.63, 3.8) is 0 Å². The fourth-order valence-electron chi connectivity index (χ4n) is 2.68. The Balaban J connectivity index is 1.89. The smallest absolute Gasteiger partial charge is 0.422 e. The van der Waals surface area contributed by atoms with E-state index in [0.717, 1.165) is 0 Å². The SMILES string of the molecule is O=C(O)C1CCC(C(=O)Nc2cccc(OCC(F)(F)F)c2)CC1. The number of carbonyl (C=O) groups is 2. The fraction of sp³-hybridized carbons (Fsp3) is 0.500. The molecule has 0 radical (unpaired) electrons. The van der Waals surface area contributed by atoms with Gasteiger partial charge in [-0.3, -0.25) is 9.59 Å². The highest BCUT2D eigenvalue weighted by Crippen LogP contribution is 2.30. The second-order valence-electron chi connectivity index (χ2n) is 5.81. The molecule has 0 saturated heterocycles. The summed E-state index contributed by atoms with van der Waals surface area (Å²) in [5.41, 5.74) is 0.347. The molecule has 1 aliphatic carbocycles. The fourth-order valence-corrected chi connectivity index (χ4v) is 2.68. The van der Waals surface area contributed by atoms with Gasteiger partial charge in [0.25, 0.3) is 0 Å². The molecule has 1 aliphatic rings. The van der Waals surface area contributed by atoms with Crippen LogP contribution in [0.5, 0.6) is 5.75 Å². The van der Waals surface area contributed by atoms with Crippen molar-refractivity contribution in [3.8, 4) is 5.75 Å². The van der Waals surface area contributed by atoms with Crippen molar-refractivity contribution in [1.29, 1.82) is 0 Å². The van der Waals surface area contributed by atoms with Crippen LogP contribution in [0.4, 0.5) is 18.9 Å². The summed E-state index contributed by atoms with van der Waals surface area (Å²) >= 11 is 0. The predicted molar refractivity (Wildman–Crippen MR) is 79.7 cm³/mol. The van der Waals surface area contributed by atoms with Gasteiger partial charge in [0.2, 0.25) is 5.91 Å². The Morgan fingerprint density at radius 3 is 2.38 bits per heavy atom. The van der Waals surface area contributed by atoms with E-state index in [1.54, 1.807) is 6.07 Å². The maximum atomic E-state index is 12.2. The third-order valence-electron chi connectivity index (χ3n) is 3.95. The highest BCUT2D eigenvalue weighted by molar-refractivity contribution is 5.92. The zero-order valence-electron chi connectivity index (χ0n) is 12.8. The van der Waals surface area contributed by atoms with Crippen molar-refractivity contribution in [1.82, 2.24) is 0 Å². The average molecular weight is 345 g/mol. The molecule has 24 heavy (non-hydrogen) atoms. The quantitative estimate of drug-likeness (QED) is 0.857. The number of alkyl halides is 3. The van der Waals surface area contributed by atoms with Crippen molar-refractivity contribution in [3.05, 3.63) is 24.3 Å². The number of hydrogen-bond donors (Lipinski definition) is 2. The summed E-state index contributed by atoms with van der Waals surface area (Å²) in [6.45, 7) is -1.40. The van der Waals surface area contributed by atoms with E-state index in [9.17, 15) is 22.8 Å². The van der Waals surface area contributed by atoms with Gasteiger partial charge < -0.3 is 15.2 Å². The van der Waals surface area contributed by atoms with E-state index in [1.807, 2.05) is 0 Å². The van der Waals surface area contributed by atoms with Crippen LogP contribution in [0.3, 0.4) is 0 Å². The average Bonchev–Trinajstić information content (AvgIpc) is 2.53. The number of halogens is 3. The standard InChI is InChI=1S/C16H18F3NO4/c17-16(18,19)9-24-13-3-1-2-12(8-13)20-14(21)10-4-6-11(7-5-10)15(22)23/h1-3,8,10-11H,4-7,9H2,(H,20,21)(H,22,23). The molecule has 5 nitrogen and oxygen atoms in total. The Morgan fingerprint density at radius 1 is 1.17 bits per heavy atom. The summed E-state index contributed by atoms with van der Waals surface area (Å²) < 4.78 is 41.1. The minimum Gasteiger partial charge on any atom is -0.484 e. The van der Waals surface area contributed by atoms with Crippen LogP contribution in [0.1, 0.15) is 25.7 Å². The van der Waals surface area contributed by atoms with Crippen LogP contribution in [-0.2, 0) is 9.59 Å². The molecule has 1 aromatic carbocycles. The molecule has 1 saturated carbocycles. The van der Waals surface area contributed by atoms with Gasteiger partial charge in [-0.25, -0.2) is 0 Å². The lowest BCUT2D eigenvalue weighted by molar-refractivity contribution is -0.153. The van der Waals surface area contributed by atoms with E-state index in [4.69, 9.17) is 5.11 Å². The van der Waals surface area contributed by atoms with E-state index >= 15 is 0 Å². The molecule has 2 rings (SSSR count). The van der Waals surface area contributed by atoms with Gasteiger partial charge in [0, 0.05) is 17.7 Å². The lowest BCUT2D eigenvalue weighted by Crippen LogP contribution is -2.29. The molecular formula is C16H18F3NO4. The molecule has 1 fully saturated rings. The molecule has 2 N–H and O–H groups in total. The first-order valence-corrected chi connectivity index (χ1v) is 7.58. The van der Waals surface area contributed by atoms with Gasteiger partial charge in [0.1, 0.15) is 5.75 Å². The molecule has 0 heterocycles. The lowest BCUT2D eigenvalue weighted by Gasteiger charge is -2.25. The van der Waals surface area contributed by atoms with Crippen LogP contribution in [-0.4, -0.2) is 29.8 Å². The molecule has 0 atom stereocenters. The zero-order valence-corrected chi connectivity index (χ0v) is 12.8. The summed E-state index contributed by atoms with van der Waals surface area (Å²) in [5, 5.41) is 11.6. The van der Waals surface area contributed by atoms with Crippen LogP contribution in [0.25, 0.3) is 0 Å². The maximum absolute atomic E-state index is 12.2. The van der Waals surface area contributed by atoms with Gasteiger partial charge in [-0.15, -0.1) is 0 Å². The normalized spacial score (nSPS) is 21.1. The number of carboxylic acid groups (broad SMARTS) is 1. The number of nitrogens with one attached hydrogen (secondary N) is 1. The second kappa shape index (κ2) is 7.55. The topological polar surface area (TPSA) is 75.6 Å². The summed E-state index contributed by atoms with van der Waals surface area (Å²) in [7, 11) is 0. The van der Waals surface area contributed by atoms with Gasteiger partial charge >= 0.3 is 12.1 Å². The number of carbonyl (C=O) groups excluding carboxylic acids is 1. The Bertz CT molecular complexity index is 595. The molecular weight excluding hydrogens is 327 g/mol. The van der Waals surface area contributed by atoms with Crippen molar-refractivity contribution >= 4 is 17.6 Å². The summed E-state index contributed by atoms with van der Waals surface area (Å²) in [5.74, 6) is -1.79. The molecule has 0 unspecified atom stereocenters. The summed E-state index contributed by atoms with van der Waals surface area (Å²) in [6.07, 6.45) is -2.58. The minimum atomic E-state index is -4.43. The zero-order chi connectivity index (χ0) is 17.7. The van der Waals surface area contributed by atoms with Crippen molar-refractivity contribution in [2.24, 2.45) is 11.8 Å². The van der Waals surface area contributed by atoms with E-state index in [1.165, 1.54) is 18.2 Å². The van der Waals surface area contributed by atoms with Crippen LogP contribution in [0.15, 0.2) is 24.3 Å². The van der Waals surface area contributed by atoms with Crippen molar-refractivity contribution < 1.29 is 32.6 Å². The Labute approximate surface area is 136 Å². The Morgan fingerprint density at radius 2 is 1.79 bits per heavy atom. The number of carboxylic acids is 1. The van der Waals surface area contributed by atoms with Gasteiger partial charge in [-0.2, -0.15) is 13.2 Å². The predicted octanol–water partition coefficient (Wildman–Crippen LogP) is 3.46. The first-order chi connectivity index (χ1) is 11.2. The number of aliphatic carboxylic acids is 1. The largest absolute Gasteiger partial charge is 0.484 e. The molecule has 132 valence electrons. The number of hydrogen-bond acceptors (Lipinski definition) is 3. The Kier molecular flexibility index (Phi) is 5.69. The molecule has 0 bridgehead atoms. The molecule has 1 amide bonds. The number of rotatable bonds is 5. The van der Waals surface area contributed by atoms with E-state index in [-0.39, 0.29) is 17.6 Å².